The third-order valence-corrected chi connectivity index (χ3v) is 4.18. The Morgan fingerprint density at radius 1 is 1.35 bits per heavy atom. The largest absolute Gasteiger partial charge is 0.396 e. The minimum absolute atomic E-state index is 0.263. The number of aliphatic hydroxyl groups is 1. The van der Waals surface area contributed by atoms with Crippen LogP contribution in [0.25, 0.3) is 0 Å². The average molecular weight is 253 g/mol. The van der Waals surface area contributed by atoms with Crippen molar-refractivity contribution in [3.63, 3.8) is 0 Å². The number of hydrogen-bond donors (Lipinski definition) is 2. The van der Waals surface area contributed by atoms with Crippen LogP contribution >= 0.6 is 11.8 Å². The number of rotatable bonds is 7. The Balaban J connectivity index is 2.83. The van der Waals surface area contributed by atoms with Gasteiger partial charge < -0.3 is 10.4 Å². The zero-order valence-corrected chi connectivity index (χ0v) is 11.8. The number of thioether (sulfide) groups is 1. The predicted molar refractivity (Wildman–Crippen MR) is 75.6 cm³/mol. The van der Waals surface area contributed by atoms with Crippen LogP contribution in [-0.4, -0.2) is 24.0 Å². The Kier molecular flexibility index (Phi) is 6.63. The minimum Gasteiger partial charge on any atom is -0.396 e. The maximum Gasteiger partial charge on any atom is 0.0441 e. The van der Waals surface area contributed by atoms with Crippen LogP contribution in [0.4, 0.5) is 0 Å². The summed E-state index contributed by atoms with van der Waals surface area (Å²) in [6, 6.07) is 8.96. The number of nitrogens with one attached hydrogen (secondary N) is 1. The van der Waals surface area contributed by atoms with E-state index in [1.54, 1.807) is 0 Å². The van der Waals surface area contributed by atoms with Crippen LogP contribution in [0.5, 0.6) is 0 Å². The van der Waals surface area contributed by atoms with E-state index in [0.29, 0.717) is 11.3 Å². The van der Waals surface area contributed by atoms with Gasteiger partial charge in [-0.15, -0.1) is 11.8 Å². The molecule has 0 spiro atoms. The van der Waals surface area contributed by atoms with E-state index in [9.17, 15) is 0 Å². The molecule has 17 heavy (non-hydrogen) atoms. The highest BCUT2D eigenvalue weighted by Gasteiger charge is 2.13. The van der Waals surface area contributed by atoms with Crippen LogP contribution in [0.3, 0.4) is 0 Å². The van der Waals surface area contributed by atoms with Gasteiger partial charge in [-0.05, 0) is 31.5 Å². The molecule has 0 aliphatic carbocycles. The first-order chi connectivity index (χ1) is 8.22. The van der Waals surface area contributed by atoms with Crippen molar-refractivity contribution in [2.45, 2.75) is 42.9 Å². The van der Waals surface area contributed by atoms with E-state index in [2.05, 4.69) is 43.4 Å². The van der Waals surface area contributed by atoms with Gasteiger partial charge in [0.1, 0.15) is 0 Å². The standard InChI is InChI=1S/C14H23NOS/c1-4-13(15-3)12-7-5-6-8-14(12)17-11(2)9-10-16/h5-8,11,13,15-16H,4,9-10H2,1-3H3. The normalized spacial score (nSPS) is 14.6. The van der Waals surface area contributed by atoms with Gasteiger partial charge in [-0.3, -0.25) is 0 Å². The van der Waals surface area contributed by atoms with Crippen molar-refractivity contribution in [2.24, 2.45) is 0 Å². The summed E-state index contributed by atoms with van der Waals surface area (Å²) in [6.45, 7) is 4.62. The molecule has 1 aromatic carbocycles. The molecule has 0 saturated heterocycles. The molecular formula is C14H23NOS. The van der Waals surface area contributed by atoms with Gasteiger partial charge in [0.05, 0.1) is 0 Å². The molecule has 0 fully saturated rings. The summed E-state index contributed by atoms with van der Waals surface area (Å²) < 4.78 is 0. The van der Waals surface area contributed by atoms with Crippen LogP contribution < -0.4 is 5.32 Å². The highest BCUT2D eigenvalue weighted by Crippen LogP contribution is 2.32. The molecule has 2 N–H and O–H groups in total. The summed E-state index contributed by atoms with van der Waals surface area (Å²) >= 11 is 1.85. The fourth-order valence-electron chi connectivity index (χ4n) is 1.91. The second kappa shape index (κ2) is 7.75. The molecule has 2 unspecified atom stereocenters. The molecule has 1 rings (SSSR count). The molecule has 1 aromatic rings. The summed E-state index contributed by atoms with van der Waals surface area (Å²) in [5.74, 6) is 0. The zero-order chi connectivity index (χ0) is 12.7. The summed E-state index contributed by atoms with van der Waals surface area (Å²) in [5.41, 5.74) is 1.37. The third-order valence-electron chi connectivity index (χ3n) is 2.91. The second-order valence-corrected chi connectivity index (χ2v) is 5.71. The lowest BCUT2D eigenvalue weighted by molar-refractivity contribution is 0.289. The first-order valence-corrected chi connectivity index (χ1v) is 7.14. The summed E-state index contributed by atoms with van der Waals surface area (Å²) in [5, 5.41) is 12.8. The highest BCUT2D eigenvalue weighted by molar-refractivity contribution is 8.00. The Morgan fingerprint density at radius 2 is 2.06 bits per heavy atom. The van der Waals surface area contributed by atoms with Gasteiger partial charge in [0, 0.05) is 22.8 Å². The molecule has 0 aromatic heterocycles. The average Bonchev–Trinajstić information content (AvgIpc) is 2.33. The number of hydrogen-bond acceptors (Lipinski definition) is 3. The van der Waals surface area contributed by atoms with E-state index in [1.807, 2.05) is 18.8 Å². The van der Waals surface area contributed by atoms with E-state index in [1.165, 1.54) is 10.5 Å². The number of benzene rings is 1. The molecule has 3 heteroatoms. The minimum atomic E-state index is 0.263. The van der Waals surface area contributed by atoms with Crippen molar-refractivity contribution in [2.75, 3.05) is 13.7 Å². The van der Waals surface area contributed by atoms with Crippen LogP contribution in [0.1, 0.15) is 38.3 Å². The van der Waals surface area contributed by atoms with E-state index in [0.717, 1.165) is 12.8 Å². The second-order valence-electron chi connectivity index (χ2n) is 4.23. The van der Waals surface area contributed by atoms with Crippen molar-refractivity contribution in [1.82, 2.24) is 5.32 Å². The fraction of sp³-hybridized carbons (Fsp3) is 0.571. The molecule has 2 nitrogen and oxygen atoms in total. The molecule has 0 saturated carbocycles. The van der Waals surface area contributed by atoms with Crippen LogP contribution in [0.15, 0.2) is 29.2 Å². The van der Waals surface area contributed by atoms with E-state index >= 15 is 0 Å². The van der Waals surface area contributed by atoms with Crippen molar-refractivity contribution in [3.05, 3.63) is 29.8 Å². The molecule has 2 atom stereocenters. The zero-order valence-electron chi connectivity index (χ0n) is 10.9. The molecule has 0 bridgehead atoms. The predicted octanol–water partition coefficient (Wildman–Crippen LogP) is 3.22. The lowest BCUT2D eigenvalue weighted by atomic mass is 10.1. The summed E-state index contributed by atoms with van der Waals surface area (Å²) in [4.78, 5) is 1.33. The van der Waals surface area contributed by atoms with Crippen molar-refractivity contribution >= 4 is 11.8 Å². The smallest absolute Gasteiger partial charge is 0.0441 e. The van der Waals surface area contributed by atoms with Crippen LogP contribution in [0, 0.1) is 0 Å². The van der Waals surface area contributed by atoms with E-state index in [4.69, 9.17) is 5.11 Å². The molecule has 0 radical (unpaired) electrons. The Bertz CT molecular complexity index is 326. The Morgan fingerprint density at radius 3 is 2.65 bits per heavy atom. The van der Waals surface area contributed by atoms with Gasteiger partial charge in [0.25, 0.3) is 0 Å². The molecule has 0 aliphatic heterocycles. The lowest BCUT2D eigenvalue weighted by Gasteiger charge is -2.20. The maximum atomic E-state index is 8.96. The molecule has 0 amide bonds. The summed E-state index contributed by atoms with van der Waals surface area (Å²) in [6.07, 6.45) is 1.93. The van der Waals surface area contributed by atoms with Gasteiger partial charge in [-0.1, -0.05) is 32.0 Å². The van der Waals surface area contributed by atoms with Crippen molar-refractivity contribution < 1.29 is 5.11 Å². The van der Waals surface area contributed by atoms with Gasteiger partial charge in [0.2, 0.25) is 0 Å². The Hall–Kier alpha value is -0.510. The van der Waals surface area contributed by atoms with Crippen molar-refractivity contribution in [1.29, 1.82) is 0 Å². The first kappa shape index (κ1) is 14.6. The lowest BCUT2D eigenvalue weighted by Crippen LogP contribution is -2.16. The monoisotopic (exact) mass is 253 g/mol. The van der Waals surface area contributed by atoms with E-state index < -0.39 is 0 Å². The van der Waals surface area contributed by atoms with Crippen LogP contribution in [-0.2, 0) is 0 Å². The molecule has 0 aliphatic rings. The van der Waals surface area contributed by atoms with Gasteiger partial charge in [-0.2, -0.15) is 0 Å². The Labute approximate surface area is 109 Å². The first-order valence-electron chi connectivity index (χ1n) is 6.26. The summed E-state index contributed by atoms with van der Waals surface area (Å²) in [7, 11) is 2.01. The van der Waals surface area contributed by atoms with Gasteiger partial charge in [-0.25, -0.2) is 0 Å². The molecular weight excluding hydrogens is 230 g/mol. The highest BCUT2D eigenvalue weighted by atomic mass is 32.2. The van der Waals surface area contributed by atoms with Gasteiger partial charge >= 0.3 is 0 Å². The maximum absolute atomic E-state index is 8.96. The fourth-order valence-corrected chi connectivity index (χ4v) is 3.07. The third kappa shape index (κ3) is 4.34. The van der Waals surface area contributed by atoms with E-state index in [-0.39, 0.29) is 6.61 Å². The quantitative estimate of drug-likeness (QED) is 0.732. The SMILES string of the molecule is CCC(NC)c1ccccc1SC(C)CCO. The number of aliphatic hydroxyl groups excluding tert-OH is 1. The topological polar surface area (TPSA) is 32.3 Å². The van der Waals surface area contributed by atoms with Crippen molar-refractivity contribution in [3.8, 4) is 0 Å². The molecule has 0 heterocycles. The molecule has 96 valence electrons. The van der Waals surface area contributed by atoms with Crippen LogP contribution in [0.2, 0.25) is 0 Å². The van der Waals surface area contributed by atoms with Gasteiger partial charge in [0.15, 0.2) is 0 Å².